The molecule has 0 bridgehead atoms. The van der Waals surface area contributed by atoms with Gasteiger partial charge < -0.3 is 0 Å². The maximum absolute atomic E-state index is 11.6. The van der Waals surface area contributed by atoms with Gasteiger partial charge in [-0.1, -0.05) is 44.2 Å². The number of Topliss-reactive ketones (excluding diaryl/α,β-unsaturated/α-hetero) is 1. The number of benzene rings is 1. The minimum Gasteiger partial charge on any atom is -0.299 e. The average molecular weight is 202 g/mol. The van der Waals surface area contributed by atoms with Crippen LogP contribution in [0.5, 0.6) is 0 Å². The van der Waals surface area contributed by atoms with E-state index in [0.717, 1.165) is 6.42 Å². The zero-order valence-electron chi connectivity index (χ0n) is 9.44. The van der Waals surface area contributed by atoms with Crippen LogP contribution in [0.15, 0.2) is 30.3 Å². The van der Waals surface area contributed by atoms with E-state index in [9.17, 15) is 4.79 Å². The molecule has 0 heterocycles. The lowest BCUT2D eigenvalue weighted by molar-refractivity contribution is -0.122. The van der Waals surface area contributed by atoms with Gasteiger partial charge in [0.25, 0.3) is 0 Å². The van der Waals surface area contributed by atoms with Crippen LogP contribution in [-0.2, 0) is 4.79 Å². The Hall–Kier alpha value is -1.11. The lowest BCUT2D eigenvalue weighted by atomic mass is 10.0. The highest BCUT2D eigenvalue weighted by Crippen LogP contribution is 2.49. The molecule has 1 aromatic carbocycles. The zero-order chi connectivity index (χ0) is 10.8. The van der Waals surface area contributed by atoms with Crippen molar-refractivity contribution in [3.8, 4) is 0 Å². The largest absolute Gasteiger partial charge is 0.299 e. The van der Waals surface area contributed by atoms with E-state index in [0.29, 0.717) is 17.6 Å². The van der Waals surface area contributed by atoms with Gasteiger partial charge in [0.15, 0.2) is 0 Å². The van der Waals surface area contributed by atoms with Crippen LogP contribution in [0.4, 0.5) is 0 Å². The number of carbonyl (C=O) groups excluding carboxylic acids is 1. The minimum absolute atomic E-state index is 0.196. The second-order valence-electron chi connectivity index (χ2n) is 4.84. The molecule has 2 atom stereocenters. The molecule has 0 aliphatic heterocycles. The third-order valence-electron chi connectivity index (χ3n) is 3.26. The lowest BCUT2D eigenvalue weighted by Gasteiger charge is -2.03. The first-order valence-corrected chi connectivity index (χ1v) is 5.76. The molecule has 15 heavy (non-hydrogen) atoms. The third kappa shape index (κ3) is 2.47. The van der Waals surface area contributed by atoms with Crippen LogP contribution in [0.25, 0.3) is 0 Å². The Labute approximate surface area is 91.5 Å². The molecular weight excluding hydrogens is 184 g/mol. The maximum Gasteiger partial charge on any atom is 0.135 e. The molecule has 0 aromatic heterocycles. The second-order valence-corrected chi connectivity index (χ2v) is 4.84. The summed E-state index contributed by atoms with van der Waals surface area (Å²) in [5, 5.41) is 0. The molecule has 1 nitrogen and oxygen atoms in total. The SMILES string of the molecule is CC(C)C(=O)C[C@@H]1C[C@H]1c1ccccc1. The van der Waals surface area contributed by atoms with Gasteiger partial charge in [0.1, 0.15) is 5.78 Å². The maximum atomic E-state index is 11.6. The predicted octanol–water partition coefficient (Wildman–Crippen LogP) is 3.41. The van der Waals surface area contributed by atoms with Crippen molar-refractivity contribution in [2.75, 3.05) is 0 Å². The fraction of sp³-hybridized carbons (Fsp3) is 0.500. The van der Waals surface area contributed by atoms with Crippen LogP contribution in [0.2, 0.25) is 0 Å². The predicted molar refractivity (Wildman–Crippen MR) is 61.8 cm³/mol. The molecule has 0 saturated heterocycles. The monoisotopic (exact) mass is 202 g/mol. The summed E-state index contributed by atoms with van der Waals surface area (Å²) in [7, 11) is 0. The van der Waals surface area contributed by atoms with Crippen LogP contribution in [0, 0.1) is 11.8 Å². The molecule has 0 radical (unpaired) electrons. The average Bonchev–Trinajstić information content (AvgIpc) is 2.98. The number of ketones is 1. The van der Waals surface area contributed by atoms with Crippen molar-refractivity contribution in [1.82, 2.24) is 0 Å². The Morgan fingerprint density at radius 3 is 2.60 bits per heavy atom. The zero-order valence-corrected chi connectivity index (χ0v) is 9.44. The van der Waals surface area contributed by atoms with Crippen molar-refractivity contribution in [3.63, 3.8) is 0 Å². The normalized spacial score (nSPS) is 24.2. The molecule has 1 saturated carbocycles. The van der Waals surface area contributed by atoms with Crippen molar-refractivity contribution in [2.45, 2.75) is 32.6 Å². The van der Waals surface area contributed by atoms with Gasteiger partial charge in [-0.25, -0.2) is 0 Å². The fourth-order valence-electron chi connectivity index (χ4n) is 2.08. The van der Waals surface area contributed by atoms with E-state index in [-0.39, 0.29) is 5.92 Å². The van der Waals surface area contributed by atoms with Gasteiger partial charge in [-0.15, -0.1) is 0 Å². The highest BCUT2D eigenvalue weighted by atomic mass is 16.1. The van der Waals surface area contributed by atoms with Crippen LogP contribution < -0.4 is 0 Å². The fourth-order valence-corrected chi connectivity index (χ4v) is 2.08. The summed E-state index contributed by atoms with van der Waals surface area (Å²) in [5.41, 5.74) is 1.40. The Balaban J connectivity index is 1.89. The van der Waals surface area contributed by atoms with Crippen LogP contribution in [0.1, 0.15) is 38.2 Å². The number of hydrogen-bond donors (Lipinski definition) is 0. The van der Waals surface area contributed by atoms with Gasteiger partial charge in [0.2, 0.25) is 0 Å². The van der Waals surface area contributed by atoms with Crippen molar-refractivity contribution < 1.29 is 4.79 Å². The van der Waals surface area contributed by atoms with Crippen LogP contribution >= 0.6 is 0 Å². The molecule has 0 spiro atoms. The highest BCUT2D eigenvalue weighted by Gasteiger charge is 2.39. The van der Waals surface area contributed by atoms with E-state index in [1.54, 1.807) is 0 Å². The van der Waals surface area contributed by atoms with E-state index in [4.69, 9.17) is 0 Å². The van der Waals surface area contributed by atoms with Gasteiger partial charge in [-0.2, -0.15) is 0 Å². The van der Waals surface area contributed by atoms with Crippen molar-refractivity contribution in [2.24, 2.45) is 11.8 Å². The third-order valence-corrected chi connectivity index (χ3v) is 3.26. The van der Waals surface area contributed by atoms with Gasteiger partial charge in [-0.05, 0) is 23.8 Å². The number of hydrogen-bond acceptors (Lipinski definition) is 1. The topological polar surface area (TPSA) is 17.1 Å². The molecule has 0 unspecified atom stereocenters. The standard InChI is InChI=1S/C14H18O/c1-10(2)14(15)9-12-8-13(12)11-6-4-3-5-7-11/h3-7,10,12-13H,8-9H2,1-2H3/t12-,13-/m0/s1. The van der Waals surface area contributed by atoms with E-state index >= 15 is 0 Å². The van der Waals surface area contributed by atoms with Crippen molar-refractivity contribution >= 4 is 5.78 Å². The van der Waals surface area contributed by atoms with E-state index in [1.165, 1.54) is 12.0 Å². The highest BCUT2D eigenvalue weighted by molar-refractivity contribution is 5.81. The first-order valence-electron chi connectivity index (χ1n) is 5.76. The first kappa shape index (κ1) is 10.4. The molecule has 1 aliphatic rings. The van der Waals surface area contributed by atoms with Gasteiger partial charge >= 0.3 is 0 Å². The summed E-state index contributed by atoms with van der Waals surface area (Å²) < 4.78 is 0. The van der Waals surface area contributed by atoms with Crippen LogP contribution in [0.3, 0.4) is 0 Å². The van der Waals surface area contributed by atoms with Gasteiger partial charge in [0, 0.05) is 12.3 Å². The summed E-state index contributed by atoms with van der Waals surface area (Å²) in [5.74, 6) is 1.87. The lowest BCUT2D eigenvalue weighted by Crippen LogP contribution is -2.07. The Morgan fingerprint density at radius 1 is 1.33 bits per heavy atom. The summed E-state index contributed by atoms with van der Waals surface area (Å²) in [6, 6.07) is 10.5. The number of rotatable bonds is 4. The van der Waals surface area contributed by atoms with Crippen molar-refractivity contribution in [3.05, 3.63) is 35.9 Å². The Morgan fingerprint density at radius 2 is 2.00 bits per heavy atom. The molecule has 1 aliphatic carbocycles. The molecule has 80 valence electrons. The first-order chi connectivity index (χ1) is 7.18. The molecule has 2 rings (SSSR count). The molecule has 1 fully saturated rings. The molecule has 1 aromatic rings. The molecular formula is C14H18O. The Bertz CT molecular complexity index is 340. The second kappa shape index (κ2) is 4.18. The van der Waals surface area contributed by atoms with Gasteiger partial charge in [-0.3, -0.25) is 4.79 Å². The van der Waals surface area contributed by atoms with Gasteiger partial charge in [0.05, 0.1) is 0 Å². The molecule has 0 amide bonds. The van der Waals surface area contributed by atoms with E-state index in [2.05, 4.69) is 24.3 Å². The smallest absolute Gasteiger partial charge is 0.135 e. The summed E-state index contributed by atoms with van der Waals surface area (Å²) in [6.45, 7) is 3.98. The van der Waals surface area contributed by atoms with Crippen molar-refractivity contribution in [1.29, 1.82) is 0 Å². The number of carbonyl (C=O) groups is 1. The van der Waals surface area contributed by atoms with Crippen LogP contribution in [-0.4, -0.2) is 5.78 Å². The minimum atomic E-state index is 0.196. The summed E-state index contributed by atoms with van der Waals surface area (Å²) >= 11 is 0. The molecule has 0 N–H and O–H groups in total. The molecule has 1 heteroatoms. The summed E-state index contributed by atoms with van der Waals surface area (Å²) in [6.07, 6.45) is 1.97. The summed E-state index contributed by atoms with van der Waals surface area (Å²) in [4.78, 5) is 11.6. The Kier molecular flexibility index (Phi) is 2.90. The quantitative estimate of drug-likeness (QED) is 0.731. The van der Waals surface area contributed by atoms with E-state index in [1.807, 2.05) is 19.9 Å². The van der Waals surface area contributed by atoms with E-state index < -0.39 is 0 Å².